The molecule has 1 aromatic rings. The van der Waals surface area contributed by atoms with E-state index in [4.69, 9.17) is 4.74 Å². The molecule has 2 atom stereocenters. The van der Waals surface area contributed by atoms with Gasteiger partial charge in [0, 0.05) is 11.5 Å². The summed E-state index contributed by atoms with van der Waals surface area (Å²) in [4.78, 5) is 12.8. The largest absolute Gasteiger partial charge is 0.497 e. The number of aryl methyl sites for hydroxylation is 1. The zero-order valence-electron chi connectivity index (χ0n) is 13.0. The lowest BCUT2D eigenvalue weighted by molar-refractivity contribution is 0.0893. The van der Waals surface area contributed by atoms with Crippen molar-refractivity contribution < 1.29 is 17.9 Å². The van der Waals surface area contributed by atoms with Gasteiger partial charge in [0.2, 0.25) is 0 Å². The Balaban J connectivity index is 1.85. The number of hydrogen-bond acceptors (Lipinski definition) is 4. The second-order valence-corrected chi connectivity index (χ2v) is 8.99. The second-order valence-electron chi connectivity index (χ2n) is 6.48. The van der Waals surface area contributed by atoms with Gasteiger partial charge in [-0.3, -0.25) is 4.79 Å². The van der Waals surface area contributed by atoms with Crippen molar-refractivity contribution in [2.24, 2.45) is 5.92 Å². The number of methoxy groups -OCH3 is 1. The highest BCUT2D eigenvalue weighted by Crippen LogP contribution is 2.40. The first-order valence-corrected chi connectivity index (χ1v) is 9.46. The van der Waals surface area contributed by atoms with Gasteiger partial charge in [-0.15, -0.1) is 0 Å². The Morgan fingerprint density at radius 2 is 1.82 bits per heavy atom. The summed E-state index contributed by atoms with van der Waals surface area (Å²) in [7, 11) is -1.41. The summed E-state index contributed by atoms with van der Waals surface area (Å²) in [6.45, 7) is 1.90. The molecule has 0 radical (unpaired) electrons. The molecule has 2 bridgehead atoms. The lowest BCUT2D eigenvalue weighted by Gasteiger charge is -2.38. The highest BCUT2D eigenvalue weighted by Gasteiger charge is 2.46. The molecular weight excluding hydrogens is 300 g/mol. The fourth-order valence-electron chi connectivity index (χ4n) is 3.88. The quantitative estimate of drug-likeness (QED) is 0.803. The Morgan fingerprint density at radius 3 is 2.36 bits per heavy atom. The van der Waals surface area contributed by atoms with Crippen molar-refractivity contribution in [2.45, 2.75) is 49.5 Å². The van der Waals surface area contributed by atoms with E-state index in [0.717, 1.165) is 17.7 Å². The lowest BCUT2D eigenvalue weighted by atomic mass is 9.83. The molecule has 2 fully saturated rings. The minimum absolute atomic E-state index is 0.0898. The topological polar surface area (TPSA) is 60.4 Å². The minimum atomic E-state index is -3.01. The summed E-state index contributed by atoms with van der Waals surface area (Å²) in [5.74, 6) is 0.662. The van der Waals surface area contributed by atoms with Crippen LogP contribution in [-0.2, 0) is 9.84 Å². The maximum atomic E-state index is 12.8. The lowest BCUT2D eigenvalue weighted by Crippen LogP contribution is -2.45. The van der Waals surface area contributed by atoms with Crippen LogP contribution in [0.5, 0.6) is 5.75 Å². The molecule has 0 aliphatic carbocycles. The third kappa shape index (κ3) is 2.56. The first-order chi connectivity index (χ1) is 10.4. The van der Waals surface area contributed by atoms with Gasteiger partial charge >= 0.3 is 0 Å². The third-order valence-electron chi connectivity index (χ3n) is 5.15. The molecule has 0 N–H and O–H groups in total. The second kappa shape index (κ2) is 5.69. The molecule has 2 saturated heterocycles. The van der Waals surface area contributed by atoms with Gasteiger partial charge in [-0.05, 0) is 56.4 Å². The van der Waals surface area contributed by atoms with Gasteiger partial charge in [0.1, 0.15) is 5.75 Å². The molecule has 5 heteroatoms. The van der Waals surface area contributed by atoms with Crippen LogP contribution >= 0.6 is 0 Å². The van der Waals surface area contributed by atoms with E-state index in [2.05, 4.69) is 0 Å². The zero-order chi connectivity index (χ0) is 15.9. The van der Waals surface area contributed by atoms with Gasteiger partial charge in [-0.25, -0.2) is 8.42 Å². The number of carbonyl (C=O) groups is 1. The smallest absolute Gasteiger partial charge is 0.166 e. The summed E-state index contributed by atoms with van der Waals surface area (Å²) >= 11 is 0. The number of sulfone groups is 1. The number of hydrogen-bond donors (Lipinski definition) is 0. The molecule has 0 spiro atoms. The maximum absolute atomic E-state index is 12.8. The monoisotopic (exact) mass is 322 g/mol. The molecule has 2 aliphatic rings. The van der Waals surface area contributed by atoms with Crippen LogP contribution in [0, 0.1) is 12.8 Å². The van der Waals surface area contributed by atoms with Crippen LogP contribution in [0.4, 0.5) is 0 Å². The molecule has 0 amide bonds. The molecule has 2 heterocycles. The Morgan fingerprint density at radius 1 is 1.18 bits per heavy atom. The highest BCUT2D eigenvalue weighted by molar-refractivity contribution is 7.92. The van der Waals surface area contributed by atoms with Crippen LogP contribution < -0.4 is 4.74 Å². The molecule has 0 aromatic heterocycles. The van der Waals surface area contributed by atoms with E-state index in [9.17, 15) is 13.2 Å². The van der Waals surface area contributed by atoms with E-state index in [1.807, 2.05) is 13.0 Å². The van der Waals surface area contributed by atoms with Crippen molar-refractivity contribution in [1.29, 1.82) is 0 Å². The predicted octanol–water partition coefficient (Wildman–Crippen LogP) is 2.93. The number of fused-ring (bicyclic) bond motifs is 2. The van der Waals surface area contributed by atoms with Crippen molar-refractivity contribution in [3.05, 3.63) is 29.3 Å². The minimum Gasteiger partial charge on any atom is -0.497 e. The number of Topliss-reactive ketones (excluding diaryl/α,β-unsaturated/α-hetero) is 1. The number of ether oxygens (including phenoxy) is 1. The number of ketones is 1. The molecule has 0 saturated carbocycles. The fraction of sp³-hybridized carbons (Fsp3) is 0.588. The van der Waals surface area contributed by atoms with Crippen LogP contribution in [0.1, 0.15) is 48.0 Å². The average Bonchev–Trinajstić information content (AvgIpc) is 2.45. The SMILES string of the molecule is COc1ccc(C(=O)C2CC3CCCC(C2)S3(=O)=O)c(C)c1. The Kier molecular flexibility index (Phi) is 4.02. The van der Waals surface area contributed by atoms with E-state index in [1.54, 1.807) is 19.2 Å². The first kappa shape index (κ1) is 15.5. The van der Waals surface area contributed by atoms with Crippen LogP contribution in [0.2, 0.25) is 0 Å². The normalized spacial score (nSPS) is 29.8. The van der Waals surface area contributed by atoms with Gasteiger partial charge in [-0.1, -0.05) is 6.42 Å². The molecule has 2 unspecified atom stereocenters. The van der Waals surface area contributed by atoms with Crippen molar-refractivity contribution >= 4 is 15.6 Å². The van der Waals surface area contributed by atoms with E-state index in [1.165, 1.54) is 0 Å². The van der Waals surface area contributed by atoms with Crippen molar-refractivity contribution in [3.63, 3.8) is 0 Å². The van der Waals surface area contributed by atoms with E-state index < -0.39 is 9.84 Å². The molecule has 2 aliphatic heterocycles. The van der Waals surface area contributed by atoms with Gasteiger partial charge in [-0.2, -0.15) is 0 Å². The van der Waals surface area contributed by atoms with Crippen LogP contribution in [-0.4, -0.2) is 31.8 Å². The number of benzene rings is 1. The summed E-state index contributed by atoms with van der Waals surface area (Å²) < 4.78 is 29.8. The van der Waals surface area contributed by atoms with Crippen LogP contribution in [0.3, 0.4) is 0 Å². The zero-order valence-corrected chi connectivity index (χ0v) is 13.9. The molecule has 22 heavy (non-hydrogen) atoms. The van der Waals surface area contributed by atoms with Gasteiger partial charge < -0.3 is 4.74 Å². The number of carbonyl (C=O) groups excluding carboxylic acids is 1. The summed E-state index contributed by atoms with van der Waals surface area (Å²) in [6.07, 6.45) is 3.37. The van der Waals surface area contributed by atoms with Crippen molar-refractivity contribution in [3.8, 4) is 5.75 Å². The average molecular weight is 322 g/mol. The Labute approximate surface area is 131 Å². The van der Waals surface area contributed by atoms with Crippen LogP contribution in [0.15, 0.2) is 18.2 Å². The van der Waals surface area contributed by atoms with Crippen LogP contribution in [0.25, 0.3) is 0 Å². The fourth-order valence-corrected chi connectivity index (χ4v) is 6.42. The van der Waals surface area contributed by atoms with E-state index in [0.29, 0.717) is 31.2 Å². The third-order valence-corrected chi connectivity index (χ3v) is 7.86. The molecule has 3 rings (SSSR count). The van der Waals surface area contributed by atoms with Gasteiger partial charge in [0.05, 0.1) is 17.6 Å². The number of rotatable bonds is 3. The van der Waals surface area contributed by atoms with Crippen molar-refractivity contribution in [2.75, 3.05) is 7.11 Å². The molecular formula is C17H22O4S. The molecule has 4 nitrogen and oxygen atoms in total. The summed E-state index contributed by atoms with van der Waals surface area (Å²) in [6, 6.07) is 5.45. The van der Waals surface area contributed by atoms with Crippen molar-refractivity contribution in [1.82, 2.24) is 0 Å². The maximum Gasteiger partial charge on any atom is 0.166 e. The Bertz CT molecular complexity index is 673. The summed E-state index contributed by atoms with van der Waals surface area (Å²) in [5, 5.41) is -0.625. The summed E-state index contributed by atoms with van der Waals surface area (Å²) in [5.41, 5.74) is 1.59. The molecule has 1 aromatic carbocycles. The van der Waals surface area contributed by atoms with E-state index >= 15 is 0 Å². The molecule has 120 valence electrons. The van der Waals surface area contributed by atoms with Gasteiger partial charge in [0.25, 0.3) is 0 Å². The van der Waals surface area contributed by atoms with Gasteiger partial charge in [0.15, 0.2) is 15.6 Å². The van der Waals surface area contributed by atoms with E-state index in [-0.39, 0.29) is 22.2 Å². The standard InChI is InChI=1S/C17H22O4S/c1-11-8-13(21-2)6-7-16(11)17(18)12-9-14-4-3-5-15(10-12)22(14,19)20/h6-8,12,14-15H,3-5,9-10H2,1-2H3. The Hall–Kier alpha value is -1.36. The first-order valence-electron chi connectivity index (χ1n) is 7.85. The highest BCUT2D eigenvalue weighted by atomic mass is 32.2. The predicted molar refractivity (Wildman–Crippen MR) is 85.1 cm³/mol.